The van der Waals surface area contributed by atoms with Gasteiger partial charge in [-0.2, -0.15) is 0 Å². The highest BCUT2D eigenvalue weighted by atomic mass is 16.5. The lowest BCUT2D eigenvalue weighted by atomic mass is 9.81. The highest BCUT2D eigenvalue weighted by molar-refractivity contribution is 5.92. The van der Waals surface area contributed by atoms with Crippen molar-refractivity contribution in [3.63, 3.8) is 0 Å². The summed E-state index contributed by atoms with van der Waals surface area (Å²) in [6, 6.07) is 19.2. The van der Waals surface area contributed by atoms with Crippen molar-refractivity contribution in [1.82, 2.24) is 5.32 Å². The molecule has 0 unspecified atom stereocenters. The summed E-state index contributed by atoms with van der Waals surface area (Å²) >= 11 is 0. The number of carbonyl (C=O) groups excluding carboxylic acids is 2. The highest BCUT2D eigenvalue weighted by Gasteiger charge is 2.26. The summed E-state index contributed by atoms with van der Waals surface area (Å²) in [5.41, 5.74) is 1.81. The van der Waals surface area contributed by atoms with E-state index >= 15 is 0 Å². The molecule has 27 heavy (non-hydrogen) atoms. The molecule has 2 amide bonds. The van der Waals surface area contributed by atoms with Crippen LogP contribution < -0.4 is 10.6 Å². The SMILES string of the molecule is O=C(NC[C@H]1CC[C@H](C(=O)Nc2ccccc2)CC1)OCc1ccccc1. The number of ether oxygens (including phenoxy) is 1. The van der Waals surface area contributed by atoms with E-state index in [2.05, 4.69) is 10.6 Å². The number of amides is 2. The van der Waals surface area contributed by atoms with Gasteiger partial charge in [-0.15, -0.1) is 0 Å². The van der Waals surface area contributed by atoms with Crippen molar-refractivity contribution in [1.29, 1.82) is 0 Å². The van der Waals surface area contributed by atoms with Crippen molar-refractivity contribution >= 4 is 17.7 Å². The summed E-state index contributed by atoms with van der Waals surface area (Å²) in [6.07, 6.45) is 3.19. The van der Waals surface area contributed by atoms with Gasteiger partial charge in [0.1, 0.15) is 6.61 Å². The lowest BCUT2D eigenvalue weighted by Crippen LogP contribution is -2.33. The Morgan fingerprint density at radius 1 is 0.889 bits per heavy atom. The van der Waals surface area contributed by atoms with Crippen molar-refractivity contribution in [2.75, 3.05) is 11.9 Å². The fraction of sp³-hybridized carbons (Fsp3) is 0.364. The molecule has 2 N–H and O–H groups in total. The number of para-hydroxylation sites is 1. The van der Waals surface area contributed by atoms with Crippen LogP contribution in [0, 0.1) is 11.8 Å². The number of rotatable bonds is 6. The topological polar surface area (TPSA) is 67.4 Å². The van der Waals surface area contributed by atoms with Gasteiger partial charge >= 0.3 is 6.09 Å². The summed E-state index contributed by atoms with van der Waals surface area (Å²) < 4.78 is 5.23. The summed E-state index contributed by atoms with van der Waals surface area (Å²) in [6.45, 7) is 0.875. The highest BCUT2D eigenvalue weighted by Crippen LogP contribution is 2.29. The first-order chi connectivity index (χ1) is 13.2. The van der Waals surface area contributed by atoms with Gasteiger partial charge in [-0.25, -0.2) is 4.79 Å². The molecular weight excluding hydrogens is 340 g/mol. The molecule has 0 heterocycles. The summed E-state index contributed by atoms with van der Waals surface area (Å²) in [5, 5.41) is 5.83. The van der Waals surface area contributed by atoms with Crippen LogP contribution in [-0.2, 0) is 16.1 Å². The summed E-state index contributed by atoms with van der Waals surface area (Å²) in [4.78, 5) is 24.2. The molecule has 3 rings (SSSR count). The standard InChI is InChI=1S/C22H26N2O3/c25-21(24-20-9-5-2-6-10-20)19-13-11-17(12-14-19)15-23-22(26)27-16-18-7-3-1-4-8-18/h1-10,17,19H,11-16H2,(H,23,26)(H,24,25)/t17-,19-. The van der Waals surface area contributed by atoms with E-state index in [-0.39, 0.29) is 24.5 Å². The maximum Gasteiger partial charge on any atom is 0.407 e. The van der Waals surface area contributed by atoms with Gasteiger partial charge in [0.05, 0.1) is 0 Å². The molecule has 1 saturated carbocycles. The molecule has 1 fully saturated rings. The predicted molar refractivity (Wildman–Crippen MR) is 105 cm³/mol. The Morgan fingerprint density at radius 3 is 2.19 bits per heavy atom. The molecule has 0 radical (unpaired) electrons. The van der Waals surface area contributed by atoms with Crippen LogP contribution >= 0.6 is 0 Å². The Morgan fingerprint density at radius 2 is 1.52 bits per heavy atom. The van der Waals surface area contributed by atoms with Gasteiger partial charge in [-0.05, 0) is 49.3 Å². The molecule has 1 aliphatic rings. The van der Waals surface area contributed by atoms with Gasteiger partial charge < -0.3 is 15.4 Å². The quantitative estimate of drug-likeness (QED) is 0.798. The van der Waals surface area contributed by atoms with Crippen molar-refractivity contribution in [3.8, 4) is 0 Å². The van der Waals surface area contributed by atoms with Gasteiger partial charge in [-0.1, -0.05) is 48.5 Å². The average Bonchev–Trinajstić information content (AvgIpc) is 2.72. The second-order valence-electron chi connectivity index (χ2n) is 7.02. The second-order valence-corrected chi connectivity index (χ2v) is 7.02. The molecule has 0 aliphatic heterocycles. The number of benzene rings is 2. The van der Waals surface area contributed by atoms with E-state index in [0.29, 0.717) is 12.5 Å². The number of anilines is 1. The molecule has 5 nitrogen and oxygen atoms in total. The lowest BCUT2D eigenvalue weighted by molar-refractivity contribution is -0.121. The van der Waals surface area contributed by atoms with Crippen LogP contribution in [-0.4, -0.2) is 18.5 Å². The molecule has 0 spiro atoms. The monoisotopic (exact) mass is 366 g/mol. The maximum atomic E-state index is 12.4. The third-order valence-corrected chi connectivity index (χ3v) is 5.01. The molecule has 2 aromatic rings. The number of hydrogen-bond donors (Lipinski definition) is 2. The molecular formula is C22H26N2O3. The van der Waals surface area contributed by atoms with E-state index in [0.717, 1.165) is 36.9 Å². The molecule has 0 bridgehead atoms. The van der Waals surface area contributed by atoms with E-state index in [1.54, 1.807) is 0 Å². The summed E-state index contributed by atoms with van der Waals surface area (Å²) in [7, 11) is 0. The maximum absolute atomic E-state index is 12.4. The van der Waals surface area contributed by atoms with Crippen molar-refractivity contribution in [2.24, 2.45) is 11.8 Å². The zero-order chi connectivity index (χ0) is 18.9. The van der Waals surface area contributed by atoms with E-state index in [1.807, 2.05) is 60.7 Å². The predicted octanol–water partition coefficient (Wildman–Crippen LogP) is 4.36. The Kier molecular flexibility index (Phi) is 6.85. The summed E-state index contributed by atoms with van der Waals surface area (Å²) in [5.74, 6) is 0.538. The fourth-order valence-corrected chi connectivity index (χ4v) is 3.40. The molecule has 5 heteroatoms. The minimum atomic E-state index is -0.386. The Balaban J connectivity index is 1.33. The third kappa shape index (κ3) is 6.13. The molecule has 142 valence electrons. The van der Waals surface area contributed by atoms with Gasteiger partial charge in [-0.3, -0.25) is 4.79 Å². The largest absolute Gasteiger partial charge is 0.445 e. The van der Waals surface area contributed by atoms with Crippen LogP contribution in [0.5, 0.6) is 0 Å². The first-order valence-corrected chi connectivity index (χ1v) is 9.51. The van der Waals surface area contributed by atoms with E-state index in [1.165, 1.54) is 0 Å². The van der Waals surface area contributed by atoms with Crippen molar-refractivity contribution in [2.45, 2.75) is 32.3 Å². The number of carbonyl (C=O) groups is 2. The van der Waals surface area contributed by atoms with Crippen LogP contribution in [0.4, 0.5) is 10.5 Å². The van der Waals surface area contributed by atoms with Crippen LogP contribution in [0.1, 0.15) is 31.2 Å². The van der Waals surface area contributed by atoms with Gasteiger partial charge in [0.2, 0.25) is 5.91 Å². The van der Waals surface area contributed by atoms with Crippen LogP contribution in [0.15, 0.2) is 60.7 Å². The van der Waals surface area contributed by atoms with Crippen LogP contribution in [0.2, 0.25) is 0 Å². The number of nitrogens with one attached hydrogen (secondary N) is 2. The van der Waals surface area contributed by atoms with E-state index in [9.17, 15) is 9.59 Å². The molecule has 1 aliphatic carbocycles. The Hall–Kier alpha value is -2.82. The first-order valence-electron chi connectivity index (χ1n) is 9.51. The molecule has 2 aromatic carbocycles. The Labute approximate surface area is 160 Å². The third-order valence-electron chi connectivity index (χ3n) is 5.01. The Bertz CT molecular complexity index is 726. The zero-order valence-electron chi connectivity index (χ0n) is 15.4. The minimum Gasteiger partial charge on any atom is -0.445 e. The van der Waals surface area contributed by atoms with Gasteiger partial charge in [0.25, 0.3) is 0 Å². The van der Waals surface area contributed by atoms with Crippen molar-refractivity contribution < 1.29 is 14.3 Å². The molecule has 0 atom stereocenters. The molecule has 0 saturated heterocycles. The van der Waals surface area contributed by atoms with Crippen molar-refractivity contribution in [3.05, 3.63) is 66.2 Å². The first kappa shape index (κ1) is 19.0. The smallest absolute Gasteiger partial charge is 0.407 e. The van der Waals surface area contributed by atoms with Gasteiger partial charge in [0.15, 0.2) is 0 Å². The normalized spacial score (nSPS) is 19.1. The van der Waals surface area contributed by atoms with E-state index in [4.69, 9.17) is 4.74 Å². The zero-order valence-corrected chi connectivity index (χ0v) is 15.4. The van der Waals surface area contributed by atoms with Crippen LogP contribution in [0.3, 0.4) is 0 Å². The number of hydrogen-bond acceptors (Lipinski definition) is 3. The average molecular weight is 366 g/mol. The molecule has 0 aromatic heterocycles. The second kappa shape index (κ2) is 9.76. The van der Waals surface area contributed by atoms with Crippen LogP contribution in [0.25, 0.3) is 0 Å². The minimum absolute atomic E-state index is 0.0477. The number of alkyl carbamates (subject to hydrolysis) is 1. The van der Waals surface area contributed by atoms with Gasteiger partial charge in [0, 0.05) is 18.2 Å². The van der Waals surface area contributed by atoms with E-state index < -0.39 is 0 Å². The fourth-order valence-electron chi connectivity index (χ4n) is 3.40. The lowest BCUT2D eigenvalue weighted by Gasteiger charge is -2.27.